The Kier molecular flexibility index (Phi) is 5.90. The molecule has 1 aliphatic carbocycles. The van der Waals surface area contributed by atoms with E-state index in [1.165, 1.54) is 42.1 Å². The molecule has 0 radical (unpaired) electrons. The summed E-state index contributed by atoms with van der Waals surface area (Å²) in [5.74, 6) is 1.92. The molecule has 0 aromatic heterocycles. The molecule has 0 bridgehead atoms. The van der Waals surface area contributed by atoms with E-state index in [1.807, 2.05) is 0 Å². The summed E-state index contributed by atoms with van der Waals surface area (Å²) in [7, 11) is 0. The summed E-state index contributed by atoms with van der Waals surface area (Å²) in [6.07, 6.45) is 7.08. The summed E-state index contributed by atoms with van der Waals surface area (Å²) in [5, 5.41) is 3.67. The first-order chi connectivity index (χ1) is 9.16. The highest BCUT2D eigenvalue weighted by Gasteiger charge is 2.18. The quantitative estimate of drug-likeness (QED) is 0.773. The molecule has 0 saturated heterocycles. The van der Waals surface area contributed by atoms with E-state index in [4.69, 9.17) is 0 Å². The number of hydrogen-bond donors (Lipinski definition) is 1. The van der Waals surface area contributed by atoms with Crippen molar-refractivity contribution >= 4 is 15.9 Å². The van der Waals surface area contributed by atoms with E-state index in [0.29, 0.717) is 6.04 Å². The molecule has 0 amide bonds. The maximum atomic E-state index is 3.67. The van der Waals surface area contributed by atoms with Gasteiger partial charge in [-0.1, -0.05) is 66.7 Å². The Morgan fingerprint density at radius 3 is 2.58 bits per heavy atom. The number of hydrogen-bond acceptors (Lipinski definition) is 1. The van der Waals surface area contributed by atoms with Gasteiger partial charge in [-0.25, -0.2) is 0 Å². The third kappa shape index (κ3) is 4.61. The van der Waals surface area contributed by atoms with Crippen molar-refractivity contribution in [2.24, 2.45) is 11.8 Å². The standard InChI is InChI=1S/C17H26BrN/c1-13-7-9-15(10-8-13)11-12-19-14(2)16-5-3-4-6-17(16)18/h3-6,13-15,19H,7-12H2,1-2H3. The fourth-order valence-corrected chi connectivity index (χ4v) is 3.69. The predicted octanol–water partition coefficient (Wildman–Crippen LogP) is 5.32. The molecule has 19 heavy (non-hydrogen) atoms. The molecule has 106 valence electrons. The third-order valence-electron chi connectivity index (χ3n) is 4.51. The van der Waals surface area contributed by atoms with Crippen LogP contribution in [0.2, 0.25) is 0 Å². The van der Waals surface area contributed by atoms with Gasteiger partial charge in [0, 0.05) is 10.5 Å². The maximum absolute atomic E-state index is 3.67. The first-order valence-corrected chi connectivity index (χ1v) is 8.44. The van der Waals surface area contributed by atoms with Crippen LogP contribution in [0.3, 0.4) is 0 Å². The number of nitrogens with one attached hydrogen (secondary N) is 1. The number of benzene rings is 1. The van der Waals surface area contributed by atoms with E-state index >= 15 is 0 Å². The van der Waals surface area contributed by atoms with E-state index in [-0.39, 0.29) is 0 Å². The minimum atomic E-state index is 0.429. The van der Waals surface area contributed by atoms with Gasteiger partial charge in [0.15, 0.2) is 0 Å². The smallest absolute Gasteiger partial charge is 0.0302 e. The van der Waals surface area contributed by atoms with Crippen LogP contribution in [0, 0.1) is 11.8 Å². The van der Waals surface area contributed by atoms with Crippen molar-refractivity contribution in [2.45, 2.75) is 52.0 Å². The van der Waals surface area contributed by atoms with Crippen molar-refractivity contribution in [1.29, 1.82) is 0 Å². The molecule has 1 aromatic rings. The molecule has 2 heteroatoms. The van der Waals surface area contributed by atoms with Crippen molar-refractivity contribution < 1.29 is 0 Å². The van der Waals surface area contributed by atoms with Crippen molar-refractivity contribution in [1.82, 2.24) is 5.32 Å². The summed E-state index contributed by atoms with van der Waals surface area (Å²) in [6, 6.07) is 8.93. The maximum Gasteiger partial charge on any atom is 0.0302 e. The number of halogens is 1. The van der Waals surface area contributed by atoms with Gasteiger partial charge in [-0.2, -0.15) is 0 Å². The molecule has 1 atom stereocenters. The lowest BCUT2D eigenvalue weighted by Gasteiger charge is -2.26. The van der Waals surface area contributed by atoms with Gasteiger partial charge < -0.3 is 5.32 Å². The lowest BCUT2D eigenvalue weighted by Crippen LogP contribution is -2.23. The minimum Gasteiger partial charge on any atom is -0.310 e. The Morgan fingerprint density at radius 2 is 1.89 bits per heavy atom. The largest absolute Gasteiger partial charge is 0.310 e. The van der Waals surface area contributed by atoms with Crippen molar-refractivity contribution in [3.63, 3.8) is 0 Å². The second-order valence-corrected chi connectivity index (χ2v) is 6.97. The Balaban J connectivity index is 1.72. The van der Waals surface area contributed by atoms with Gasteiger partial charge in [0.25, 0.3) is 0 Å². The lowest BCUT2D eigenvalue weighted by molar-refractivity contribution is 0.273. The lowest BCUT2D eigenvalue weighted by atomic mass is 9.81. The first-order valence-electron chi connectivity index (χ1n) is 7.64. The molecular formula is C17H26BrN. The summed E-state index contributed by atoms with van der Waals surface area (Å²) in [5.41, 5.74) is 1.36. The molecule has 2 rings (SSSR count). The molecular weight excluding hydrogens is 298 g/mol. The molecule has 1 aliphatic rings. The second kappa shape index (κ2) is 7.44. The average Bonchev–Trinajstić information content (AvgIpc) is 2.41. The van der Waals surface area contributed by atoms with Crippen LogP contribution < -0.4 is 5.32 Å². The van der Waals surface area contributed by atoms with Crippen LogP contribution in [-0.4, -0.2) is 6.54 Å². The van der Waals surface area contributed by atoms with Crippen LogP contribution in [0.5, 0.6) is 0 Å². The SMILES string of the molecule is CC1CCC(CCNC(C)c2ccccc2Br)CC1. The van der Waals surface area contributed by atoms with E-state index in [1.54, 1.807) is 0 Å². The van der Waals surface area contributed by atoms with Crippen molar-refractivity contribution in [3.8, 4) is 0 Å². The summed E-state index contributed by atoms with van der Waals surface area (Å²) < 4.78 is 1.21. The normalized spacial score (nSPS) is 25.2. The molecule has 1 fully saturated rings. The summed E-state index contributed by atoms with van der Waals surface area (Å²) in [4.78, 5) is 0. The van der Waals surface area contributed by atoms with Crippen molar-refractivity contribution in [3.05, 3.63) is 34.3 Å². The Labute approximate surface area is 126 Å². The van der Waals surface area contributed by atoms with Crippen molar-refractivity contribution in [2.75, 3.05) is 6.54 Å². The minimum absolute atomic E-state index is 0.429. The highest BCUT2D eigenvalue weighted by molar-refractivity contribution is 9.10. The zero-order chi connectivity index (χ0) is 13.7. The molecule has 1 nitrogen and oxygen atoms in total. The summed E-state index contributed by atoms with van der Waals surface area (Å²) >= 11 is 3.63. The molecule has 0 spiro atoms. The molecule has 1 saturated carbocycles. The zero-order valence-electron chi connectivity index (χ0n) is 12.2. The van der Waals surface area contributed by atoms with Crippen LogP contribution in [0.4, 0.5) is 0 Å². The first kappa shape index (κ1) is 15.1. The Morgan fingerprint density at radius 1 is 1.21 bits per heavy atom. The highest BCUT2D eigenvalue weighted by Crippen LogP contribution is 2.30. The zero-order valence-corrected chi connectivity index (χ0v) is 13.7. The molecule has 1 aromatic carbocycles. The van der Waals surface area contributed by atoms with E-state index < -0.39 is 0 Å². The molecule has 1 N–H and O–H groups in total. The Hall–Kier alpha value is -0.340. The predicted molar refractivity (Wildman–Crippen MR) is 86.3 cm³/mol. The van der Waals surface area contributed by atoms with E-state index in [0.717, 1.165) is 18.4 Å². The van der Waals surface area contributed by atoms with E-state index in [2.05, 4.69) is 59.4 Å². The van der Waals surface area contributed by atoms with Crippen LogP contribution >= 0.6 is 15.9 Å². The number of rotatable bonds is 5. The van der Waals surface area contributed by atoms with Gasteiger partial charge in [-0.15, -0.1) is 0 Å². The topological polar surface area (TPSA) is 12.0 Å². The molecule has 0 aliphatic heterocycles. The molecule has 1 unspecified atom stereocenters. The fraction of sp³-hybridized carbons (Fsp3) is 0.647. The van der Waals surface area contributed by atoms with Crippen LogP contribution in [-0.2, 0) is 0 Å². The van der Waals surface area contributed by atoms with Gasteiger partial charge in [0.1, 0.15) is 0 Å². The van der Waals surface area contributed by atoms with Gasteiger partial charge in [-0.05, 0) is 43.4 Å². The van der Waals surface area contributed by atoms with Crippen LogP contribution in [0.15, 0.2) is 28.7 Å². The monoisotopic (exact) mass is 323 g/mol. The summed E-state index contributed by atoms with van der Waals surface area (Å²) in [6.45, 7) is 5.79. The van der Waals surface area contributed by atoms with Crippen LogP contribution in [0.25, 0.3) is 0 Å². The van der Waals surface area contributed by atoms with Gasteiger partial charge in [0.2, 0.25) is 0 Å². The Bertz CT molecular complexity index is 383. The van der Waals surface area contributed by atoms with E-state index in [9.17, 15) is 0 Å². The van der Waals surface area contributed by atoms with Crippen LogP contribution in [0.1, 0.15) is 57.6 Å². The average molecular weight is 324 g/mol. The second-order valence-electron chi connectivity index (χ2n) is 6.11. The fourth-order valence-electron chi connectivity index (χ4n) is 3.06. The van der Waals surface area contributed by atoms with Gasteiger partial charge in [-0.3, -0.25) is 0 Å². The van der Waals surface area contributed by atoms with Gasteiger partial charge >= 0.3 is 0 Å². The van der Waals surface area contributed by atoms with Gasteiger partial charge in [0.05, 0.1) is 0 Å². The third-order valence-corrected chi connectivity index (χ3v) is 5.23. The highest BCUT2D eigenvalue weighted by atomic mass is 79.9. The molecule has 0 heterocycles.